The molecular weight excluding hydrogens is 348 g/mol. The van der Waals surface area contributed by atoms with Gasteiger partial charge in [-0.2, -0.15) is 0 Å². The monoisotopic (exact) mass is 358 g/mol. The third-order valence-corrected chi connectivity index (χ3v) is 2.39. The fraction of sp³-hybridized carbons (Fsp3) is 0.167. The molecule has 112 valence electrons. The van der Waals surface area contributed by atoms with Gasteiger partial charge in [-0.25, -0.2) is 0 Å². The molecule has 0 fully saturated rings. The van der Waals surface area contributed by atoms with Crippen LogP contribution in [0.2, 0.25) is 0 Å². The number of nitro groups is 1. The van der Waals surface area contributed by atoms with Crippen molar-refractivity contribution in [2.24, 2.45) is 0 Å². The number of hydrogen-bond donors (Lipinski definition) is 1. The predicted molar refractivity (Wildman–Crippen MR) is 74.9 cm³/mol. The maximum absolute atomic E-state index is 10.1. The summed E-state index contributed by atoms with van der Waals surface area (Å²) in [6.07, 6.45) is 4.04. The van der Waals surface area contributed by atoms with Crippen LogP contribution in [0.15, 0.2) is 44.2 Å². The summed E-state index contributed by atoms with van der Waals surface area (Å²) in [7, 11) is 0. The lowest BCUT2D eigenvalue weighted by Crippen LogP contribution is -1.96. The van der Waals surface area contributed by atoms with Crippen molar-refractivity contribution in [3.05, 3.63) is 56.9 Å². The van der Waals surface area contributed by atoms with E-state index < -0.39 is 10.9 Å². The largest absolute Gasteiger partial charge is 0.481 e. The van der Waals surface area contributed by atoms with Gasteiger partial charge in [0.05, 0.1) is 23.7 Å². The van der Waals surface area contributed by atoms with Gasteiger partial charge >= 0.3 is 5.97 Å². The van der Waals surface area contributed by atoms with Crippen molar-refractivity contribution in [1.29, 1.82) is 0 Å². The lowest BCUT2D eigenvalue weighted by Gasteiger charge is -1.87. The Labute approximate surface area is 127 Å². The average molecular weight is 359 g/mol. The minimum atomic E-state index is -0.836. The van der Waals surface area contributed by atoms with E-state index in [1.807, 2.05) is 0 Å². The van der Waals surface area contributed by atoms with E-state index >= 15 is 0 Å². The van der Waals surface area contributed by atoms with Gasteiger partial charge in [0.25, 0.3) is 0 Å². The van der Waals surface area contributed by atoms with E-state index in [1.165, 1.54) is 12.3 Å². The van der Waals surface area contributed by atoms with Crippen molar-refractivity contribution in [2.45, 2.75) is 12.8 Å². The first-order valence-corrected chi connectivity index (χ1v) is 6.44. The molecule has 0 atom stereocenters. The summed E-state index contributed by atoms with van der Waals surface area (Å²) in [5, 5.41) is 21.6. The number of aromatic nitrogens is 1. The van der Waals surface area contributed by atoms with E-state index in [1.54, 1.807) is 18.2 Å². The Morgan fingerprint density at radius 3 is 2.81 bits per heavy atom. The molecule has 0 bridgehead atoms. The molecule has 9 heteroatoms. The number of carboxylic acid groups (broad SMARTS) is 1. The summed E-state index contributed by atoms with van der Waals surface area (Å²) in [6, 6.07) is 4.96. The predicted octanol–water partition coefficient (Wildman–Crippen LogP) is 2.98. The van der Waals surface area contributed by atoms with Crippen molar-refractivity contribution >= 4 is 28.0 Å². The van der Waals surface area contributed by atoms with E-state index in [0.717, 1.165) is 6.20 Å². The lowest BCUT2D eigenvalue weighted by atomic mass is 10.2. The molecule has 0 radical (unpaired) electrons. The Morgan fingerprint density at radius 2 is 2.33 bits per heavy atom. The third kappa shape index (κ3) is 7.67. The van der Waals surface area contributed by atoms with Gasteiger partial charge in [0.15, 0.2) is 0 Å². The molecule has 8 nitrogen and oxygen atoms in total. The number of furan rings is 1. The standard InChI is InChI=1S/C6H6BrNO3.C6H5NO3/c7-5-3-4(11-8-5)1-2-6(9)10;8-7(9)4-3-6-2-1-5-10-6/h3H,1-2H2,(H,9,10);1-5H. The highest BCUT2D eigenvalue weighted by molar-refractivity contribution is 9.10. The van der Waals surface area contributed by atoms with Gasteiger partial charge in [-0.15, -0.1) is 0 Å². The number of carbonyl (C=O) groups is 1. The number of carboxylic acids is 1. The molecule has 2 rings (SSSR count). The van der Waals surface area contributed by atoms with Crippen LogP contribution in [-0.2, 0) is 11.2 Å². The minimum absolute atomic E-state index is 0.0711. The summed E-state index contributed by atoms with van der Waals surface area (Å²) in [4.78, 5) is 19.3. The second-order valence-corrected chi connectivity index (χ2v) is 4.44. The molecular formula is C12H11BrN2O6. The first kappa shape index (κ1) is 16.6. The number of aryl methyl sites for hydroxylation is 1. The minimum Gasteiger partial charge on any atom is -0.481 e. The summed E-state index contributed by atoms with van der Waals surface area (Å²) in [5.41, 5.74) is 0. The third-order valence-electron chi connectivity index (χ3n) is 2.02. The van der Waals surface area contributed by atoms with Crippen molar-refractivity contribution in [3.63, 3.8) is 0 Å². The highest BCUT2D eigenvalue weighted by Crippen LogP contribution is 2.11. The highest BCUT2D eigenvalue weighted by atomic mass is 79.9. The zero-order chi connectivity index (χ0) is 15.7. The van der Waals surface area contributed by atoms with Crippen molar-refractivity contribution in [2.75, 3.05) is 0 Å². The highest BCUT2D eigenvalue weighted by Gasteiger charge is 2.03. The number of aliphatic carboxylic acids is 1. The lowest BCUT2D eigenvalue weighted by molar-refractivity contribution is -0.401. The SMILES string of the molecule is O=C(O)CCc1cc(Br)no1.O=[N+]([O-])C=Cc1ccco1. The fourth-order valence-electron chi connectivity index (χ4n) is 1.16. The van der Waals surface area contributed by atoms with E-state index in [-0.39, 0.29) is 6.42 Å². The van der Waals surface area contributed by atoms with Gasteiger partial charge in [0, 0.05) is 12.5 Å². The van der Waals surface area contributed by atoms with Crippen LogP contribution >= 0.6 is 15.9 Å². The second-order valence-electron chi connectivity index (χ2n) is 3.63. The second kappa shape index (κ2) is 8.69. The van der Waals surface area contributed by atoms with Gasteiger partial charge in [-0.1, -0.05) is 5.16 Å². The van der Waals surface area contributed by atoms with E-state index in [4.69, 9.17) is 14.0 Å². The molecule has 0 saturated carbocycles. The molecule has 0 aliphatic carbocycles. The number of halogens is 1. The molecule has 0 spiro atoms. The summed E-state index contributed by atoms with van der Waals surface area (Å²) >= 11 is 3.09. The van der Waals surface area contributed by atoms with Crippen molar-refractivity contribution in [3.8, 4) is 0 Å². The molecule has 0 aromatic carbocycles. The number of rotatable bonds is 5. The van der Waals surface area contributed by atoms with Gasteiger partial charge in [0.1, 0.15) is 16.1 Å². The topological polar surface area (TPSA) is 120 Å². The molecule has 2 aromatic rings. The molecule has 0 amide bonds. The summed E-state index contributed by atoms with van der Waals surface area (Å²) in [5.74, 6) is 0.230. The maximum Gasteiger partial charge on any atom is 0.303 e. The van der Waals surface area contributed by atoms with E-state index in [9.17, 15) is 14.9 Å². The molecule has 0 unspecified atom stereocenters. The molecule has 0 aliphatic rings. The normalized spacial score (nSPS) is 10.1. The van der Waals surface area contributed by atoms with Gasteiger partial charge in [0.2, 0.25) is 6.20 Å². The van der Waals surface area contributed by atoms with Gasteiger partial charge in [-0.05, 0) is 28.1 Å². The van der Waals surface area contributed by atoms with Crippen LogP contribution in [-0.4, -0.2) is 21.2 Å². The van der Waals surface area contributed by atoms with Crippen molar-refractivity contribution in [1.82, 2.24) is 5.16 Å². The van der Waals surface area contributed by atoms with Crippen LogP contribution in [0.3, 0.4) is 0 Å². The summed E-state index contributed by atoms with van der Waals surface area (Å²) < 4.78 is 10.1. The van der Waals surface area contributed by atoms with Gasteiger partial charge < -0.3 is 14.0 Å². The van der Waals surface area contributed by atoms with Crippen LogP contribution < -0.4 is 0 Å². The first-order valence-electron chi connectivity index (χ1n) is 5.65. The molecule has 0 saturated heterocycles. The van der Waals surface area contributed by atoms with Crippen LogP contribution in [0.1, 0.15) is 17.9 Å². The Morgan fingerprint density at radius 1 is 1.57 bits per heavy atom. The van der Waals surface area contributed by atoms with Crippen LogP contribution in [0, 0.1) is 10.1 Å². The fourth-order valence-corrected chi connectivity index (χ4v) is 1.48. The van der Waals surface area contributed by atoms with Gasteiger partial charge in [-0.3, -0.25) is 14.9 Å². The zero-order valence-electron chi connectivity index (χ0n) is 10.6. The Bertz CT molecular complexity index is 605. The number of nitrogens with zero attached hydrogens (tertiary/aromatic N) is 2. The molecule has 1 N–H and O–H groups in total. The molecule has 2 heterocycles. The van der Waals surface area contributed by atoms with Crippen LogP contribution in [0.4, 0.5) is 0 Å². The van der Waals surface area contributed by atoms with Crippen LogP contribution in [0.25, 0.3) is 6.08 Å². The van der Waals surface area contributed by atoms with E-state index in [2.05, 4.69) is 21.1 Å². The van der Waals surface area contributed by atoms with Crippen molar-refractivity contribution < 1.29 is 23.8 Å². The Balaban J connectivity index is 0.000000211. The zero-order valence-corrected chi connectivity index (χ0v) is 12.2. The molecule has 2 aromatic heterocycles. The summed E-state index contributed by atoms with van der Waals surface area (Å²) in [6.45, 7) is 0. The van der Waals surface area contributed by atoms with Crippen LogP contribution in [0.5, 0.6) is 0 Å². The quantitative estimate of drug-likeness (QED) is 0.644. The smallest absolute Gasteiger partial charge is 0.303 e. The van der Waals surface area contributed by atoms with E-state index in [0.29, 0.717) is 22.5 Å². The molecule has 0 aliphatic heterocycles. The maximum atomic E-state index is 10.1. The number of hydrogen-bond acceptors (Lipinski definition) is 6. The molecule has 21 heavy (non-hydrogen) atoms. The average Bonchev–Trinajstić information content (AvgIpc) is 3.06. The Hall–Kier alpha value is -2.42. The Kier molecular flexibility index (Phi) is 6.88. The first-order chi connectivity index (χ1) is 9.97.